The van der Waals surface area contributed by atoms with Gasteiger partial charge in [-0.2, -0.15) is 4.37 Å². The number of carbonyl (C=O) groups excluding carboxylic acids is 1. The largest absolute Gasteiger partial charge is 0.456 e. The molecule has 5 nitrogen and oxygen atoms in total. The molecule has 1 aliphatic rings. The molecule has 6 heteroatoms. The smallest absolute Gasteiger partial charge is 0.287 e. The van der Waals surface area contributed by atoms with E-state index in [9.17, 15) is 4.79 Å². The Kier molecular flexibility index (Phi) is 3.98. The molecule has 1 N–H and O–H groups in total. The highest BCUT2D eigenvalue weighted by Crippen LogP contribution is 2.32. The fraction of sp³-hybridized carbons (Fsp3) is 0.333. The first kappa shape index (κ1) is 15.2. The maximum atomic E-state index is 12.2. The average Bonchev–Trinajstić information content (AvgIpc) is 3.22. The van der Waals surface area contributed by atoms with E-state index in [0.29, 0.717) is 5.76 Å². The third-order valence-electron chi connectivity index (χ3n) is 4.45. The first-order valence-corrected chi connectivity index (χ1v) is 8.95. The monoisotopic (exact) mass is 341 g/mol. The summed E-state index contributed by atoms with van der Waals surface area (Å²) in [5, 5.41) is 5.53. The van der Waals surface area contributed by atoms with Crippen LogP contribution in [0.25, 0.3) is 10.9 Å². The highest BCUT2D eigenvalue weighted by atomic mass is 32.1. The molecule has 0 saturated carbocycles. The van der Waals surface area contributed by atoms with Crippen LogP contribution in [0.2, 0.25) is 0 Å². The van der Waals surface area contributed by atoms with Crippen molar-refractivity contribution < 1.29 is 9.21 Å². The van der Waals surface area contributed by atoms with E-state index in [-0.39, 0.29) is 11.9 Å². The predicted octanol–water partition coefficient (Wildman–Crippen LogP) is 3.60. The van der Waals surface area contributed by atoms with Gasteiger partial charge in [-0.3, -0.25) is 4.79 Å². The van der Waals surface area contributed by atoms with Gasteiger partial charge in [0.15, 0.2) is 5.76 Å². The number of fused-ring (bicyclic) bond motifs is 1. The Labute approximate surface area is 144 Å². The van der Waals surface area contributed by atoms with E-state index in [0.717, 1.165) is 37.2 Å². The van der Waals surface area contributed by atoms with Gasteiger partial charge in [0, 0.05) is 24.5 Å². The second-order valence-corrected chi connectivity index (χ2v) is 6.90. The molecule has 1 fully saturated rings. The molecule has 2 aromatic heterocycles. The number of benzene rings is 1. The lowest BCUT2D eigenvalue weighted by atomic mass is 10.0. The van der Waals surface area contributed by atoms with Crippen molar-refractivity contribution in [1.29, 1.82) is 0 Å². The molecule has 3 aromatic rings. The zero-order chi connectivity index (χ0) is 16.5. The normalized spacial score (nSPS) is 15.8. The van der Waals surface area contributed by atoms with Gasteiger partial charge in [0.05, 0.1) is 5.52 Å². The van der Waals surface area contributed by atoms with Crippen LogP contribution in [0, 0.1) is 6.92 Å². The van der Waals surface area contributed by atoms with Gasteiger partial charge in [-0.05, 0) is 55.6 Å². The number of carbonyl (C=O) groups is 1. The number of amides is 1. The molecule has 24 heavy (non-hydrogen) atoms. The molecule has 0 spiro atoms. The van der Waals surface area contributed by atoms with Crippen molar-refractivity contribution in [3.63, 3.8) is 0 Å². The number of aromatic nitrogens is 1. The van der Waals surface area contributed by atoms with Crippen LogP contribution in [0.5, 0.6) is 0 Å². The minimum absolute atomic E-state index is 0.121. The molecule has 1 saturated heterocycles. The third-order valence-corrected chi connectivity index (χ3v) is 5.39. The van der Waals surface area contributed by atoms with Crippen LogP contribution < -0.4 is 10.2 Å². The average molecular weight is 341 g/mol. The topological polar surface area (TPSA) is 58.4 Å². The summed E-state index contributed by atoms with van der Waals surface area (Å²) in [6.45, 7) is 3.69. The molecule has 3 heterocycles. The van der Waals surface area contributed by atoms with E-state index in [1.807, 2.05) is 25.1 Å². The van der Waals surface area contributed by atoms with Gasteiger partial charge in [-0.1, -0.05) is 12.1 Å². The van der Waals surface area contributed by atoms with E-state index < -0.39 is 0 Å². The van der Waals surface area contributed by atoms with Crippen LogP contribution in [0.3, 0.4) is 0 Å². The van der Waals surface area contributed by atoms with Gasteiger partial charge < -0.3 is 14.6 Å². The fourth-order valence-corrected chi connectivity index (χ4v) is 4.06. The predicted molar refractivity (Wildman–Crippen MR) is 95.8 cm³/mol. The first-order chi connectivity index (χ1) is 11.7. The number of piperidine rings is 1. The van der Waals surface area contributed by atoms with Gasteiger partial charge in [-0.15, -0.1) is 0 Å². The molecule has 0 bridgehead atoms. The molecule has 0 aliphatic carbocycles. The first-order valence-electron chi connectivity index (χ1n) is 8.17. The van der Waals surface area contributed by atoms with Crippen LogP contribution >= 0.6 is 11.5 Å². The number of furan rings is 1. The highest BCUT2D eigenvalue weighted by molar-refractivity contribution is 7.11. The molecule has 0 unspecified atom stereocenters. The van der Waals surface area contributed by atoms with Crippen LogP contribution in [-0.4, -0.2) is 29.4 Å². The van der Waals surface area contributed by atoms with Crippen LogP contribution in [0.1, 0.15) is 29.2 Å². The Hall–Kier alpha value is -2.34. The second kappa shape index (κ2) is 6.28. The zero-order valence-electron chi connectivity index (χ0n) is 13.5. The Morgan fingerprint density at radius 2 is 2.04 bits per heavy atom. The maximum absolute atomic E-state index is 12.2. The van der Waals surface area contributed by atoms with Gasteiger partial charge in [-0.25, -0.2) is 0 Å². The maximum Gasteiger partial charge on any atom is 0.287 e. The van der Waals surface area contributed by atoms with Crippen LogP contribution in [0.15, 0.2) is 40.8 Å². The summed E-state index contributed by atoms with van der Waals surface area (Å²) in [7, 11) is 0. The van der Waals surface area contributed by atoms with Crippen molar-refractivity contribution in [3.8, 4) is 0 Å². The van der Waals surface area contributed by atoms with Crippen molar-refractivity contribution in [2.45, 2.75) is 25.8 Å². The standard InChI is InChI=1S/C18H19N3O2S/c1-12-6-7-16(23-12)17(22)19-13-8-10-21(11-9-13)18-14-4-2-3-5-15(14)20-24-18/h2-7,13H,8-11H2,1H3,(H,19,22). The molecular weight excluding hydrogens is 322 g/mol. The summed E-state index contributed by atoms with van der Waals surface area (Å²) in [6, 6.07) is 12.0. The summed E-state index contributed by atoms with van der Waals surface area (Å²) in [4.78, 5) is 14.6. The van der Waals surface area contributed by atoms with Crippen LogP contribution in [-0.2, 0) is 0 Å². The number of aryl methyl sites for hydroxylation is 1. The fourth-order valence-electron chi connectivity index (χ4n) is 3.14. The Bertz CT molecular complexity index is 862. The molecule has 0 radical (unpaired) electrons. The zero-order valence-corrected chi connectivity index (χ0v) is 14.3. The molecule has 1 amide bonds. The molecular formula is C18H19N3O2S. The molecule has 1 aliphatic heterocycles. The van der Waals surface area contributed by atoms with Crippen LogP contribution in [0.4, 0.5) is 5.00 Å². The number of anilines is 1. The van der Waals surface area contributed by atoms with Gasteiger partial charge in [0.1, 0.15) is 10.8 Å². The lowest BCUT2D eigenvalue weighted by Crippen LogP contribution is -2.44. The summed E-state index contributed by atoms with van der Waals surface area (Å²) >= 11 is 1.56. The molecule has 0 atom stereocenters. The molecule has 4 rings (SSSR count). The quantitative estimate of drug-likeness (QED) is 0.791. The summed E-state index contributed by atoms with van der Waals surface area (Å²) in [5.74, 6) is 1.03. The lowest BCUT2D eigenvalue weighted by molar-refractivity contribution is 0.0901. The van der Waals surface area contributed by atoms with E-state index in [1.165, 1.54) is 10.4 Å². The number of hydrogen-bond donors (Lipinski definition) is 1. The highest BCUT2D eigenvalue weighted by Gasteiger charge is 2.24. The van der Waals surface area contributed by atoms with Crippen molar-refractivity contribution in [2.75, 3.05) is 18.0 Å². The second-order valence-electron chi connectivity index (χ2n) is 6.15. The van der Waals surface area contributed by atoms with E-state index in [1.54, 1.807) is 17.6 Å². The lowest BCUT2D eigenvalue weighted by Gasteiger charge is -2.32. The van der Waals surface area contributed by atoms with Gasteiger partial charge in [0.2, 0.25) is 0 Å². The Morgan fingerprint density at radius 1 is 1.25 bits per heavy atom. The van der Waals surface area contributed by atoms with Crippen molar-refractivity contribution >= 4 is 33.3 Å². The van der Waals surface area contributed by atoms with Crippen molar-refractivity contribution in [3.05, 3.63) is 47.9 Å². The number of nitrogens with zero attached hydrogens (tertiary/aromatic N) is 2. The number of rotatable bonds is 3. The number of nitrogens with one attached hydrogen (secondary N) is 1. The van der Waals surface area contributed by atoms with E-state index >= 15 is 0 Å². The van der Waals surface area contributed by atoms with Gasteiger partial charge in [0.25, 0.3) is 5.91 Å². The molecule has 1 aromatic carbocycles. The van der Waals surface area contributed by atoms with E-state index in [4.69, 9.17) is 4.42 Å². The third kappa shape index (κ3) is 2.89. The minimum Gasteiger partial charge on any atom is -0.456 e. The summed E-state index contributed by atoms with van der Waals surface area (Å²) in [6.07, 6.45) is 1.86. The number of hydrogen-bond acceptors (Lipinski definition) is 5. The van der Waals surface area contributed by atoms with Gasteiger partial charge >= 0.3 is 0 Å². The Balaban J connectivity index is 1.39. The molecule has 124 valence electrons. The summed E-state index contributed by atoms with van der Waals surface area (Å²) in [5.41, 5.74) is 1.06. The SMILES string of the molecule is Cc1ccc(C(=O)NC2CCN(c3snc4ccccc34)CC2)o1. The summed E-state index contributed by atoms with van der Waals surface area (Å²) < 4.78 is 9.91. The Morgan fingerprint density at radius 3 is 2.79 bits per heavy atom. The van der Waals surface area contributed by atoms with Crippen molar-refractivity contribution in [2.24, 2.45) is 0 Å². The van der Waals surface area contributed by atoms with E-state index in [2.05, 4.69) is 26.7 Å². The van der Waals surface area contributed by atoms with Crippen molar-refractivity contribution in [1.82, 2.24) is 9.69 Å². The minimum atomic E-state index is -0.121.